The fraction of sp³-hybridized carbons (Fsp3) is 0.706. The first-order valence-electron chi connectivity index (χ1n) is 8.02. The van der Waals surface area contributed by atoms with Crippen molar-refractivity contribution in [2.24, 2.45) is 11.8 Å². The average molecular weight is 290 g/mol. The zero-order chi connectivity index (χ0) is 15.0. The standard InChI is InChI=1S/C17H26N2O2/c1-17(2,3)21-16(20)18-14-12-7-8-13(11-12)15(14)19-9-5-4-6-10-19/h4-6,9,12-15H,7-8,10-11H2,1-3H3,(H,18,20). The molecule has 3 aliphatic rings. The molecular formula is C17H26N2O2. The molecule has 1 heterocycles. The summed E-state index contributed by atoms with van der Waals surface area (Å²) < 4.78 is 5.44. The van der Waals surface area contributed by atoms with Gasteiger partial charge in [0, 0.05) is 6.54 Å². The number of ether oxygens (including phenoxy) is 1. The molecule has 0 aromatic heterocycles. The molecule has 4 unspecified atom stereocenters. The summed E-state index contributed by atoms with van der Waals surface area (Å²) in [6, 6.07) is 0.632. The second-order valence-corrected chi connectivity index (χ2v) is 7.46. The van der Waals surface area contributed by atoms with Crippen LogP contribution < -0.4 is 5.32 Å². The van der Waals surface area contributed by atoms with Crippen molar-refractivity contribution in [3.8, 4) is 0 Å². The zero-order valence-electron chi connectivity index (χ0n) is 13.2. The summed E-state index contributed by atoms with van der Waals surface area (Å²) in [5.41, 5.74) is -0.440. The quantitative estimate of drug-likeness (QED) is 0.850. The molecule has 1 aliphatic heterocycles. The van der Waals surface area contributed by atoms with Crippen LogP contribution in [-0.2, 0) is 4.74 Å². The van der Waals surface area contributed by atoms with Gasteiger partial charge in [0.2, 0.25) is 0 Å². The Balaban J connectivity index is 1.68. The van der Waals surface area contributed by atoms with Crippen molar-refractivity contribution in [2.45, 2.75) is 57.7 Å². The number of hydrogen-bond donors (Lipinski definition) is 1. The molecule has 2 aliphatic carbocycles. The second-order valence-electron chi connectivity index (χ2n) is 7.46. The van der Waals surface area contributed by atoms with Gasteiger partial charge < -0.3 is 15.0 Å². The monoisotopic (exact) mass is 290 g/mol. The minimum atomic E-state index is -0.440. The minimum absolute atomic E-state index is 0.217. The van der Waals surface area contributed by atoms with Gasteiger partial charge in [0.1, 0.15) is 5.60 Å². The van der Waals surface area contributed by atoms with E-state index in [2.05, 4.69) is 34.6 Å². The van der Waals surface area contributed by atoms with Crippen molar-refractivity contribution in [1.29, 1.82) is 0 Å². The molecule has 2 saturated carbocycles. The molecule has 3 rings (SSSR count). The van der Waals surface area contributed by atoms with Crippen LogP contribution in [0.25, 0.3) is 0 Å². The van der Waals surface area contributed by atoms with Crippen molar-refractivity contribution < 1.29 is 9.53 Å². The van der Waals surface area contributed by atoms with Crippen LogP contribution in [-0.4, -0.2) is 35.2 Å². The maximum Gasteiger partial charge on any atom is 0.407 e. The van der Waals surface area contributed by atoms with Gasteiger partial charge in [-0.1, -0.05) is 12.2 Å². The van der Waals surface area contributed by atoms with Crippen molar-refractivity contribution in [1.82, 2.24) is 10.2 Å². The van der Waals surface area contributed by atoms with Gasteiger partial charge in [-0.3, -0.25) is 0 Å². The third-order valence-electron chi connectivity index (χ3n) is 4.78. The highest BCUT2D eigenvalue weighted by atomic mass is 16.6. The maximum atomic E-state index is 12.1. The Morgan fingerprint density at radius 3 is 2.67 bits per heavy atom. The predicted octanol–water partition coefficient (Wildman–Crippen LogP) is 3.06. The van der Waals surface area contributed by atoms with Gasteiger partial charge in [0.25, 0.3) is 0 Å². The highest BCUT2D eigenvalue weighted by molar-refractivity contribution is 5.68. The van der Waals surface area contributed by atoms with E-state index in [9.17, 15) is 4.79 Å². The van der Waals surface area contributed by atoms with E-state index in [1.807, 2.05) is 20.8 Å². The summed E-state index contributed by atoms with van der Waals surface area (Å²) in [5.74, 6) is 1.30. The average Bonchev–Trinajstić information content (AvgIpc) is 2.98. The third-order valence-corrected chi connectivity index (χ3v) is 4.78. The molecule has 2 bridgehead atoms. The van der Waals surface area contributed by atoms with Gasteiger partial charge >= 0.3 is 6.09 Å². The molecule has 4 heteroatoms. The van der Waals surface area contributed by atoms with Gasteiger partial charge in [-0.2, -0.15) is 0 Å². The number of amides is 1. The van der Waals surface area contributed by atoms with Crippen LogP contribution in [0.4, 0.5) is 4.79 Å². The highest BCUT2D eigenvalue weighted by Gasteiger charge is 2.50. The first-order valence-corrected chi connectivity index (χ1v) is 8.02. The van der Waals surface area contributed by atoms with Crippen LogP contribution >= 0.6 is 0 Å². The number of nitrogens with one attached hydrogen (secondary N) is 1. The molecule has 0 aromatic carbocycles. The van der Waals surface area contributed by atoms with Crippen molar-refractivity contribution in [3.05, 3.63) is 24.4 Å². The summed E-state index contributed by atoms with van der Waals surface area (Å²) in [6.45, 7) is 6.66. The molecular weight excluding hydrogens is 264 g/mol. The molecule has 116 valence electrons. The summed E-state index contributed by atoms with van der Waals surface area (Å²) in [6.07, 6.45) is 12.0. The Bertz CT molecular complexity index is 464. The van der Waals surface area contributed by atoms with Crippen LogP contribution in [0, 0.1) is 11.8 Å². The Kier molecular flexibility index (Phi) is 3.72. The molecule has 0 radical (unpaired) electrons. The number of allylic oxidation sites excluding steroid dienone is 2. The molecule has 0 aromatic rings. The van der Waals surface area contributed by atoms with Crippen LogP contribution in [0.1, 0.15) is 40.0 Å². The lowest BCUT2D eigenvalue weighted by atomic mass is 9.89. The predicted molar refractivity (Wildman–Crippen MR) is 82.8 cm³/mol. The second kappa shape index (κ2) is 5.39. The van der Waals surface area contributed by atoms with E-state index in [4.69, 9.17) is 4.74 Å². The fourth-order valence-electron chi connectivity index (χ4n) is 4.09. The summed E-state index contributed by atoms with van der Waals surface area (Å²) in [7, 11) is 0. The topological polar surface area (TPSA) is 41.6 Å². The lowest BCUT2D eigenvalue weighted by Crippen LogP contribution is -2.54. The maximum absolute atomic E-state index is 12.1. The lowest BCUT2D eigenvalue weighted by molar-refractivity contribution is 0.0446. The Labute approximate surface area is 127 Å². The molecule has 1 amide bonds. The smallest absolute Gasteiger partial charge is 0.407 e. The van der Waals surface area contributed by atoms with E-state index < -0.39 is 5.60 Å². The molecule has 21 heavy (non-hydrogen) atoms. The van der Waals surface area contributed by atoms with E-state index in [0.29, 0.717) is 17.9 Å². The van der Waals surface area contributed by atoms with Crippen molar-refractivity contribution in [2.75, 3.05) is 6.54 Å². The first-order chi connectivity index (χ1) is 9.94. The van der Waals surface area contributed by atoms with E-state index in [1.165, 1.54) is 19.3 Å². The van der Waals surface area contributed by atoms with E-state index in [0.717, 1.165) is 6.54 Å². The van der Waals surface area contributed by atoms with E-state index in [-0.39, 0.29) is 12.1 Å². The van der Waals surface area contributed by atoms with E-state index in [1.54, 1.807) is 0 Å². The first kappa shape index (κ1) is 14.5. The van der Waals surface area contributed by atoms with Gasteiger partial charge in [0.05, 0.1) is 12.1 Å². The SMILES string of the molecule is CC(C)(C)OC(=O)NC1C2CCC(C2)C1N1C=CC=CC1. The Morgan fingerprint density at radius 1 is 1.24 bits per heavy atom. The van der Waals surface area contributed by atoms with Crippen LogP contribution in [0.2, 0.25) is 0 Å². The van der Waals surface area contributed by atoms with Crippen molar-refractivity contribution in [3.63, 3.8) is 0 Å². The van der Waals surface area contributed by atoms with Crippen molar-refractivity contribution >= 4 is 6.09 Å². The largest absolute Gasteiger partial charge is 0.444 e. The lowest BCUT2D eigenvalue weighted by Gasteiger charge is -2.40. The molecule has 0 spiro atoms. The highest BCUT2D eigenvalue weighted by Crippen LogP contribution is 2.47. The number of nitrogens with zero attached hydrogens (tertiary/aromatic N) is 1. The third kappa shape index (κ3) is 3.09. The Morgan fingerprint density at radius 2 is 2.00 bits per heavy atom. The van der Waals surface area contributed by atoms with Crippen LogP contribution in [0.15, 0.2) is 24.4 Å². The summed E-state index contributed by atoms with van der Waals surface area (Å²) >= 11 is 0. The molecule has 0 saturated heterocycles. The van der Waals surface area contributed by atoms with Gasteiger partial charge in [0.15, 0.2) is 0 Å². The van der Waals surface area contributed by atoms with Crippen LogP contribution in [0.3, 0.4) is 0 Å². The minimum Gasteiger partial charge on any atom is -0.444 e. The van der Waals surface area contributed by atoms with Gasteiger partial charge in [-0.05, 0) is 64.1 Å². The molecule has 1 N–H and O–H groups in total. The van der Waals surface area contributed by atoms with Gasteiger partial charge in [-0.25, -0.2) is 4.79 Å². The summed E-state index contributed by atoms with van der Waals surface area (Å²) in [5, 5.41) is 3.15. The molecule has 2 fully saturated rings. The van der Waals surface area contributed by atoms with E-state index >= 15 is 0 Å². The molecule has 4 nitrogen and oxygen atoms in total. The number of alkyl carbamates (subject to hydrolysis) is 1. The van der Waals surface area contributed by atoms with Gasteiger partial charge in [-0.15, -0.1) is 0 Å². The molecule has 4 atom stereocenters. The number of fused-ring (bicyclic) bond motifs is 2. The number of carbonyl (C=O) groups is 1. The summed E-state index contributed by atoms with van der Waals surface area (Å²) in [4.78, 5) is 14.5. The Hall–Kier alpha value is -1.45. The zero-order valence-corrected chi connectivity index (χ0v) is 13.2. The fourth-order valence-corrected chi connectivity index (χ4v) is 4.09. The number of carbonyl (C=O) groups excluding carboxylic acids is 1. The number of rotatable bonds is 2. The number of hydrogen-bond acceptors (Lipinski definition) is 3. The van der Waals surface area contributed by atoms with Crippen LogP contribution in [0.5, 0.6) is 0 Å². The normalized spacial score (nSPS) is 34.3.